The molecule has 0 spiro atoms. The molecule has 2 aromatic heterocycles. The third kappa shape index (κ3) is 6.75. The Bertz CT molecular complexity index is 1500. The number of imidazole rings is 1. The van der Waals surface area contributed by atoms with E-state index in [9.17, 15) is 24.4 Å². The highest BCUT2D eigenvalue weighted by atomic mass is 35.5. The minimum absolute atomic E-state index is 0.00309. The molecule has 1 saturated heterocycles. The minimum atomic E-state index is -4.28. The third-order valence-corrected chi connectivity index (χ3v) is 8.60. The number of para-hydroxylation sites is 1. The van der Waals surface area contributed by atoms with Crippen molar-refractivity contribution in [2.75, 3.05) is 12.3 Å². The van der Waals surface area contributed by atoms with Crippen molar-refractivity contribution >= 4 is 48.0 Å². The number of rotatable bonds is 12. The smallest absolute Gasteiger partial charge is 0.413 e. The van der Waals surface area contributed by atoms with Gasteiger partial charge in [0.2, 0.25) is 5.95 Å². The number of nitrogen functional groups attached to an aromatic ring is 1. The molecule has 0 amide bonds. The molecule has 1 aliphatic rings. The van der Waals surface area contributed by atoms with E-state index in [0.29, 0.717) is 12.0 Å². The number of carbonyl (C=O) groups is 2. The molecule has 0 radical (unpaired) electrons. The molecule has 41 heavy (non-hydrogen) atoms. The average Bonchev–Trinajstić information content (AvgIpc) is 3.40. The molecule has 3 aromatic rings. The average molecular weight is 611 g/mol. The van der Waals surface area contributed by atoms with E-state index in [0.717, 1.165) is 0 Å². The predicted molar refractivity (Wildman–Crippen MR) is 148 cm³/mol. The number of Topliss-reactive ketones (excluding diaryl/α,β-unsaturated/α-hetero) is 2. The topological polar surface area (TPSA) is 201 Å². The Morgan fingerprint density at radius 3 is 2.71 bits per heavy atom. The summed E-state index contributed by atoms with van der Waals surface area (Å²) >= 11 is 6.11. The van der Waals surface area contributed by atoms with E-state index in [2.05, 4.69) is 20.0 Å². The van der Waals surface area contributed by atoms with Gasteiger partial charge in [-0.25, -0.2) is 14.6 Å². The van der Waals surface area contributed by atoms with Crippen LogP contribution >= 0.6 is 19.3 Å². The first kappa shape index (κ1) is 31.0. The van der Waals surface area contributed by atoms with Crippen molar-refractivity contribution in [1.29, 1.82) is 0 Å². The fourth-order valence-corrected chi connectivity index (χ4v) is 6.11. The van der Waals surface area contributed by atoms with Gasteiger partial charge in [0.25, 0.3) is 0 Å². The van der Waals surface area contributed by atoms with Crippen LogP contribution in [0.5, 0.6) is 5.75 Å². The zero-order chi connectivity index (χ0) is 30.1. The Morgan fingerprint density at radius 1 is 1.32 bits per heavy atom. The van der Waals surface area contributed by atoms with E-state index < -0.39 is 44.4 Å². The largest absolute Gasteiger partial charge is 0.459 e. The van der Waals surface area contributed by atoms with Crippen molar-refractivity contribution in [2.45, 2.75) is 70.6 Å². The molecule has 14 nitrogen and oxygen atoms in total. The fraction of sp³-hybridized carbons (Fsp3) is 0.480. The van der Waals surface area contributed by atoms with Crippen molar-refractivity contribution in [3.8, 4) is 5.75 Å². The van der Waals surface area contributed by atoms with Crippen LogP contribution in [-0.2, 0) is 29.8 Å². The number of aliphatic hydroxyl groups excluding tert-OH is 1. The standard InChI is InChI=1S/C25H32ClN6O8P/c1-13(33)9-10-16-7-5-6-8-17(16)40-41(37,31-14(2)15(3)34)38-11-18-20(35)25(4,36)23(39-18)32-12-28-19-21(26)29-24(27)30-22(19)32/h5-8,12,14,18,20,23,35-36H,9-11H2,1-4H3,(H,31,37)(H2,27,29,30)/t14-,18?,20+,23+,25+,41?/m0/s1. The van der Waals surface area contributed by atoms with E-state index in [4.69, 9.17) is 31.1 Å². The number of aromatic nitrogens is 4. The molecule has 0 saturated carbocycles. The van der Waals surface area contributed by atoms with Gasteiger partial charge in [-0.2, -0.15) is 9.97 Å². The number of aryl methyl sites for hydroxylation is 1. The van der Waals surface area contributed by atoms with Gasteiger partial charge in [0, 0.05) is 6.42 Å². The van der Waals surface area contributed by atoms with E-state index in [-0.39, 0.29) is 46.0 Å². The number of nitrogens with zero attached hydrogens (tertiary/aromatic N) is 4. The number of nitrogens with two attached hydrogens (primary N) is 1. The molecule has 0 aliphatic carbocycles. The van der Waals surface area contributed by atoms with Gasteiger partial charge in [0.05, 0.1) is 19.0 Å². The summed E-state index contributed by atoms with van der Waals surface area (Å²) in [4.78, 5) is 35.6. The molecule has 5 N–H and O–H groups in total. The van der Waals surface area contributed by atoms with Crippen LogP contribution < -0.4 is 15.3 Å². The molecule has 3 heterocycles. The number of hydrogen-bond donors (Lipinski definition) is 4. The zero-order valence-electron chi connectivity index (χ0n) is 22.9. The van der Waals surface area contributed by atoms with Crippen molar-refractivity contribution < 1.29 is 38.2 Å². The first-order valence-electron chi connectivity index (χ1n) is 12.7. The van der Waals surface area contributed by atoms with Crippen LogP contribution in [0.4, 0.5) is 5.95 Å². The van der Waals surface area contributed by atoms with Crippen molar-refractivity contribution in [3.05, 3.63) is 41.3 Å². The lowest BCUT2D eigenvalue weighted by Gasteiger charge is -2.27. The first-order valence-corrected chi connectivity index (χ1v) is 14.6. The summed E-state index contributed by atoms with van der Waals surface area (Å²) in [5.74, 6) is -0.292. The Balaban J connectivity index is 1.58. The Hall–Kier alpha value is -2.97. The summed E-state index contributed by atoms with van der Waals surface area (Å²) in [5, 5.41) is 24.8. The Labute approximate surface area is 240 Å². The highest BCUT2D eigenvalue weighted by Crippen LogP contribution is 2.48. The predicted octanol–water partition coefficient (Wildman–Crippen LogP) is 2.36. The van der Waals surface area contributed by atoms with Gasteiger partial charge in [-0.1, -0.05) is 29.8 Å². The normalized spacial score (nSPS) is 24.7. The maximum atomic E-state index is 13.9. The van der Waals surface area contributed by atoms with Crippen LogP contribution in [0.2, 0.25) is 5.15 Å². The Kier molecular flexibility index (Phi) is 9.14. The lowest BCUT2D eigenvalue weighted by atomic mass is 9.96. The summed E-state index contributed by atoms with van der Waals surface area (Å²) in [5.41, 5.74) is 4.81. The number of aliphatic hydroxyl groups is 2. The monoisotopic (exact) mass is 610 g/mol. The van der Waals surface area contributed by atoms with Crippen LogP contribution in [0.15, 0.2) is 30.6 Å². The molecular weight excluding hydrogens is 579 g/mol. The summed E-state index contributed by atoms with van der Waals surface area (Å²) in [6, 6.07) is 5.78. The van der Waals surface area contributed by atoms with Gasteiger partial charge in [-0.15, -0.1) is 0 Å². The van der Waals surface area contributed by atoms with Crippen molar-refractivity contribution in [1.82, 2.24) is 24.6 Å². The van der Waals surface area contributed by atoms with E-state index in [1.807, 2.05) is 0 Å². The molecule has 222 valence electrons. The number of benzene rings is 1. The number of hydrogen-bond acceptors (Lipinski definition) is 12. The molecule has 6 atom stereocenters. The van der Waals surface area contributed by atoms with E-state index in [1.165, 1.54) is 38.6 Å². The van der Waals surface area contributed by atoms with Gasteiger partial charge >= 0.3 is 7.75 Å². The number of carbonyl (C=O) groups excluding carboxylic acids is 2. The SMILES string of the molecule is CC(=O)CCc1ccccc1OP(=O)(N[C@@H](C)C(C)=O)OCC1O[C@@H](n2cnc3c(Cl)nc(N)nc32)[C@](C)(O)[C@@H]1O. The van der Waals surface area contributed by atoms with E-state index in [1.54, 1.807) is 24.3 Å². The molecule has 4 rings (SSSR count). The van der Waals surface area contributed by atoms with Gasteiger partial charge in [-0.3, -0.25) is 13.9 Å². The number of fused-ring (bicyclic) bond motifs is 1. The van der Waals surface area contributed by atoms with Gasteiger partial charge in [0.1, 0.15) is 40.6 Å². The van der Waals surface area contributed by atoms with Crippen LogP contribution in [-0.4, -0.2) is 71.8 Å². The van der Waals surface area contributed by atoms with Gasteiger partial charge < -0.3 is 30.0 Å². The van der Waals surface area contributed by atoms with Crippen LogP contribution in [0.3, 0.4) is 0 Å². The Morgan fingerprint density at radius 2 is 2.02 bits per heavy atom. The van der Waals surface area contributed by atoms with Crippen molar-refractivity contribution in [2.24, 2.45) is 0 Å². The summed E-state index contributed by atoms with van der Waals surface area (Å²) in [6.07, 6.45) is -2.08. The molecule has 16 heteroatoms. The number of halogens is 1. The molecule has 1 fully saturated rings. The zero-order valence-corrected chi connectivity index (χ0v) is 24.5. The molecule has 1 aliphatic heterocycles. The van der Waals surface area contributed by atoms with Gasteiger partial charge in [-0.05, 0) is 45.7 Å². The number of nitrogens with one attached hydrogen (secondary N) is 1. The minimum Gasteiger partial charge on any atom is -0.413 e. The highest BCUT2D eigenvalue weighted by Gasteiger charge is 2.54. The number of ether oxygens (including phenoxy) is 1. The second-order valence-corrected chi connectivity index (χ2v) is 12.1. The third-order valence-electron chi connectivity index (χ3n) is 6.71. The fourth-order valence-electron chi connectivity index (χ4n) is 4.28. The number of anilines is 1. The maximum absolute atomic E-state index is 13.9. The second-order valence-electron chi connectivity index (χ2n) is 10.0. The second kappa shape index (κ2) is 12.1. The molecule has 2 unspecified atom stereocenters. The lowest BCUT2D eigenvalue weighted by Crippen LogP contribution is -2.44. The maximum Gasteiger partial charge on any atom is 0.459 e. The molecule has 1 aromatic carbocycles. The summed E-state index contributed by atoms with van der Waals surface area (Å²) < 4.78 is 32.7. The molecular formula is C25H32ClN6O8P. The summed E-state index contributed by atoms with van der Waals surface area (Å²) in [6.45, 7) is 5.10. The quantitative estimate of drug-likeness (QED) is 0.172. The highest BCUT2D eigenvalue weighted by molar-refractivity contribution is 7.52. The van der Waals surface area contributed by atoms with Crippen LogP contribution in [0, 0.1) is 0 Å². The van der Waals surface area contributed by atoms with Crippen LogP contribution in [0.25, 0.3) is 11.2 Å². The van der Waals surface area contributed by atoms with Gasteiger partial charge in [0.15, 0.2) is 17.0 Å². The first-order chi connectivity index (χ1) is 19.2. The van der Waals surface area contributed by atoms with Crippen LogP contribution in [0.1, 0.15) is 45.9 Å². The lowest BCUT2D eigenvalue weighted by molar-refractivity contribution is -0.118. The van der Waals surface area contributed by atoms with Crippen molar-refractivity contribution in [3.63, 3.8) is 0 Å². The molecule has 0 bridgehead atoms. The van der Waals surface area contributed by atoms with E-state index >= 15 is 0 Å². The summed E-state index contributed by atoms with van der Waals surface area (Å²) in [7, 11) is -4.28. The number of ketones is 2.